The molecule has 2 aromatic rings. The van der Waals surface area contributed by atoms with Crippen molar-refractivity contribution >= 4 is 34.3 Å². The van der Waals surface area contributed by atoms with E-state index in [-0.39, 0.29) is 5.22 Å². The molecule has 0 aliphatic carbocycles. The third-order valence-electron chi connectivity index (χ3n) is 1.58. The Bertz CT molecular complexity index is 436. The van der Waals surface area contributed by atoms with Gasteiger partial charge in [0.25, 0.3) is 0 Å². The van der Waals surface area contributed by atoms with Gasteiger partial charge in [0, 0.05) is 5.69 Å². The summed E-state index contributed by atoms with van der Waals surface area (Å²) in [6, 6.07) is 3.65. The zero-order valence-electron chi connectivity index (χ0n) is 6.27. The summed E-state index contributed by atoms with van der Waals surface area (Å²) in [5.41, 5.74) is 2.14. The zero-order valence-corrected chi connectivity index (χ0v) is 7.78. The fraction of sp³-hybridized carbons (Fsp3) is 0.125. The summed E-state index contributed by atoms with van der Waals surface area (Å²) in [6.07, 6.45) is 0. The van der Waals surface area contributed by atoms with Crippen molar-refractivity contribution in [3.8, 4) is 0 Å². The van der Waals surface area contributed by atoms with Crippen LogP contribution in [0.4, 0.5) is 0 Å². The van der Waals surface area contributed by atoms with Crippen LogP contribution in [0.25, 0.3) is 11.1 Å². The molecule has 12 heavy (non-hydrogen) atoms. The van der Waals surface area contributed by atoms with Crippen molar-refractivity contribution in [3.63, 3.8) is 0 Å². The predicted octanol–water partition coefficient (Wildman–Crippen LogP) is 3.44. The smallest absolute Gasteiger partial charge is 0.214 e. The number of fused-ring (bicyclic) bond motifs is 1. The van der Waals surface area contributed by atoms with Gasteiger partial charge in [-0.1, -0.05) is 11.6 Å². The third-order valence-corrected chi connectivity index (χ3v) is 2.29. The maximum absolute atomic E-state index is 5.83. The van der Waals surface area contributed by atoms with E-state index in [0.29, 0.717) is 16.1 Å². The third kappa shape index (κ3) is 1.08. The van der Waals surface area contributed by atoms with Crippen LogP contribution in [-0.2, 0) is 0 Å². The van der Waals surface area contributed by atoms with Crippen molar-refractivity contribution in [1.29, 1.82) is 0 Å². The first kappa shape index (κ1) is 7.90. The monoisotopic (exact) mass is 201 g/mol. The molecule has 0 aliphatic heterocycles. The summed E-state index contributed by atoms with van der Waals surface area (Å²) in [5.74, 6) is 0. The molecule has 2 nitrogen and oxygen atoms in total. The first-order chi connectivity index (χ1) is 5.68. The van der Waals surface area contributed by atoms with E-state index in [1.807, 2.05) is 13.0 Å². The summed E-state index contributed by atoms with van der Waals surface area (Å²) in [6.45, 7) is 1.89. The van der Waals surface area contributed by atoms with Gasteiger partial charge in [-0.3, -0.25) is 0 Å². The van der Waals surface area contributed by atoms with E-state index >= 15 is 0 Å². The summed E-state index contributed by atoms with van der Waals surface area (Å²) in [7, 11) is 0. The van der Waals surface area contributed by atoms with Crippen LogP contribution in [0.1, 0.15) is 5.69 Å². The normalized spacial score (nSPS) is 10.9. The highest BCUT2D eigenvalue weighted by Gasteiger charge is 2.10. The molecule has 0 radical (unpaired) electrons. The molecule has 2 aromatic heterocycles. The van der Waals surface area contributed by atoms with E-state index in [1.54, 1.807) is 6.07 Å². The van der Waals surface area contributed by atoms with Crippen LogP contribution >= 0.6 is 23.2 Å². The first-order valence-corrected chi connectivity index (χ1v) is 4.15. The minimum atomic E-state index is 0.199. The molecule has 0 spiro atoms. The van der Waals surface area contributed by atoms with Crippen molar-refractivity contribution in [3.05, 3.63) is 28.1 Å². The van der Waals surface area contributed by atoms with Gasteiger partial charge in [-0.2, -0.15) is 0 Å². The molecule has 0 N–H and O–H groups in total. The molecule has 2 rings (SSSR count). The number of aromatic nitrogens is 1. The lowest BCUT2D eigenvalue weighted by Crippen LogP contribution is -1.78. The molecule has 0 bridgehead atoms. The van der Waals surface area contributed by atoms with Crippen LogP contribution in [0.5, 0.6) is 0 Å². The van der Waals surface area contributed by atoms with E-state index in [9.17, 15) is 0 Å². The number of rotatable bonds is 0. The highest BCUT2D eigenvalue weighted by Crippen LogP contribution is 2.32. The van der Waals surface area contributed by atoms with Gasteiger partial charge >= 0.3 is 0 Å². The van der Waals surface area contributed by atoms with Crippen molar-refractivity contribution in [2.45, 2.75) is 6.92 Å². The Hall–Kier alpha value is -0.730. The first-order valence-electron chi connectivity index (χ1n) is 3.39. The van der Waals surface area contributed by atoms with E-state index in [4.69, 9.17) is 27.6 Å². The molecule has 62 valence electrons. The minimum absolute atomic E-state index is 0.199. The van der Waals surface area contributed by atoms with E-state index < -0.39 is 0 Å². The predicted molar refractivity (Wildman–Crippen MR) is 48.8 cm³/mol. The maximum Gasteiger partial charge on any atom is 0.214 e. The number of aryl methyl sites for hydroxylation is 1. The van der Waals surface area contributed by atoms with Crippen molar-refractivity contribution in [2.75, 3.05) is 0 Å². The van der Waals surface area contributed by atoms with Crippen molar-refractivity contribution in [2.24, 2.45) is 0 Å². The van der Waals surface area contributed by atoms with Crippen LogP contribution in [0.2, 0.25) is 10.2 Å². The van der Waals surface area contributed by atoms with Crippen LogP contribution in [0.15, 0.2) is 16.5 Å². The van der Waals surface area contributed by atoms with Gasteiger partial charge < -0.3 is 4.42 Å². The average molecular weight is 202 g/mol. The number of hydrogen-bond acceptors (Lipinski definition) is 2. The molecule has 2 heterocycles. The van der Waals surface area contributed by atoms with Crippen molar-refractivity contribution in [1.82, 2.24) is 4.98 Å². The highest BCUT2D eigenvalue weighted by atomic mass is 35.5. The molecule has 4 heteroatoms. The number of halogens is 2. The van der Waals surface area contributed by atoms with Crippen LogP contribution in [-0.4, -0.2) is 4.98 Å². The average Bonchev–Trinajstić information content (AvgIpc) is 2.31. The zero-order chi connectivity index (χ0) is 8.72. The standard InChI is InChI=1S/C8H5Cl2NO/c1-4-2-3-5-7(11-4)6(9)8(10)12-5/h2-3H,1H3. The van der Waals surface area contributed by atoms with E-state index in [2.05, 4.69) is 4.98 Å². The molecule has 0 unspecified atom stereocenters. The number of furan rings is 1. The molecule has 0 fully saturated rings. The Morgan fingerprint density at radius 3 is 2.83 bits per heavy atom. The molecule has 0 atom stereocenters. The summed E-state index contributed by atoms with van der Waals surface area (Å²) in [4.78, 5) is 4.19. The molecule has 0 saturated carbocycles. The number of hydrogen-bond donors (Lipinski definition) is 0. The molecular weight excluding hydrogens is 197 g/mol. The summed E-state index contributed by atoms with van der Waals surface area (Å²) in [5, 5.41) is 0.583. The van der Waals surface area contributed by atoms with Gasteiger partial charge in [0.1, 0.15) is 10.5 Å². The lowest BCUT2D eigenvalue weighted by molar-refractivity contribution is 0.617. The Morgan fingerprint density at radius 2 is 2.08 bits per heavy atom. The Balaban J connectivity index is 2.88. The van der Waals surface area contributed by atoms with Crippen LogP contribution < -0.4 is 0 Å². The fourth-order valence-corrected chi connectivity index (χ4v) is 1.36. The maximum atomic E-state index is 5.83. The Kier molecular flexibility index (Phi) is 1.74. The highest BCUT2D eigenvalue weighted by molar-refractivity contribution is 6.44. The molecule has 0 amide bonds. The topological polar surface area (TPSA) is 26.0 Å². The van der Waals surface area contributed by atoms with Crippen LogP contribution in [0, 0.1) is 6.92 Å². The lowest BCUT2D eigenvalue weighted by Gasteiger charge is -1.89. The van der Waals surface area contributed by atoms with Gasteiger partial charge in [0.05, 0.1) is 0 Å². The summed E-state index contributed by atoms with van der Waals surface area (Å²) >= 11 is 11.5. The molecular formula is C8H5Cl2NO. The molecule has 0 aromatic carbocycles. The summed E-state index contributed by atoms with van der Waals surface area (Å²) < 4.78 is 5.12. The lowest BCUT2D eigenvalue weighted by atomic mass is 10.3. The van der Waals surface area contributed by atoms with Crippen molar-refractivity contribution < 1.29 is 4.42 Å². The Morgan fingerprint density at radius 1 is 1.33 bits per heavy atom. The number of nitrogens with zero attached hydrogens (tertiary/aromatic N) is 1. The second kappa shape index (κ2) is 2.64. The number of pyridine rings is 1. The van der Waals surface area contributed by atoms with Gasteiger partial charge in [0.15, 0.2) is 5.58 Å². The SMILES string of the molecule is Cc1ccc2oc(Cl)c(Cl)c2n1. The van der Waals surface area contributed by atoms with Gasteiger partial charge in [-0.05, 0) is 30.7 Å². The second-order valence-corrected chi connectivity index (χ2v) is 3.21. The van der Waals surface area contributed by atoms with Gasteiger partial charge in [-0.25, -0.2) is 4.98 Å². The van der Waals surface area contributed by atoms with Gasteiger partial charge in [-0.15, -0.1) is 0 Å². The molecule has 0 aliphatic rings. The second-order valence-electron chi connectivity index (χ2n) is 2.49. The van der Waals surface area contributed by atoms with Gasteiger partial charge in [0.2, 0.25) is 5.22 Å². The van der Waals surface area contributed by atoms with E-state index in [0.717, 1.165) is 5.69 Å². The quantitative estimate of drug-likeness (QED) is 0.653. The minimum Gasteiger partial charge on any atom is -0.441 e. The van der Waals surface area contributed by atoms with Crippen LogP contribution in [0.3, 0.4) is 0 Å². The molecule has 0 saturated heterocycles. The van der Waals surface area contributed by atoms with E-state index in [1.165, 1.54) is 0 Å². The fourth-order valence-electron chi connectivity index (χ4n) is 1.02. The Labute approximate surface area is 79.1 Å². The largest absolute Gasteiger partial charge is 0.441 e.